The van der Waals surface area contributed by atoms with E-state index in [1.165, 1.54) is 20.1 Å². The molecule has 0 bridgehead atoms. The molecule has 1 N–H and O–H groups in total. The lowest BCUT2D eigenvalue weighted by atomic mass is 10.2. The molecular weight excluding hydrogens is 414 g/mol. The van der Waals surface area contributed by atoms with Crippen LogP contribution in [0.15, 0.2) is 48.5 Å². The number of methoxy groups -OCH3 is 1. The van der Waals surface area contributed by atoms with Crippen LogP contribution in [-0.4, -0.2) is 53.9 Å². The molecule has 2 aromatic carbocycles. The highest BCUT2D eigenvalue weighted by Gasteiger charge is 2.31. The SMILES string of the molecule is COc1ccc(Cl)cc1N([C@H](C)C(=O)NCCN(C)c1ccccc1)S(C)(=O)=O. The van der Waals surface area contributed by atoms with E-state index < -0.39 is 22.0 Å². The van der Waals surface area contributed by atoms with Crippen molar-refractivity contribution in [3.63, 3.8) is 0 Å². The maximum Gasteiger partial charge on any atom is 0.243 e. The number of para-hydroxylation sites is 1. The molecule has 0 saturated carbocycles. The minimum Gasteiger partial charge on any atom is -0.495 e. The second kappa shape index (κ2) is 9.84. The van der Waals surface area contributed by atoms with Gasteiger partial charge in [-0.25, -0.2) is 8.42 Å². The van der Waals surface area contributed by atoms with Gasteiger partial charge in [0.1, 0.15) is 11.8 Å². The van der Waals surface area contributed by atoms with E-state index in [1.807, 2.05) is 42.3 Å². The Labute approximate surface area is 177 Å². The zero-order valence-corrected chi connectivity index (χ0v) is 18.5. The first-order valence-corrected chi connectivity index (χ1v) is 11.2. The molecule has 29 heavy (non-hydrogen) atoms. The third-order valence-corrected chi connectivity index (χ3v) is 5.87. The number of carbonyl (C=O) groups is 1. The maximum absolute atomic E-state index is 12.7. The number of hydrogen-bond donors (Lipinski definition) is 1. The van der Waals surface area contributed by atoms with E-state index in [-0.39, 0.29) is 5.69 Å². The first-order chi connectivity index (χ1) is 13.6. The molecule has 0 heterocycles. The van der Waals surface area contributed by atoms with E-state index in [2.05, 4.69) is 5.32 Å². The van der Waals surface area contributed by atoms with Crippen LogP contribution in [-0.2, 0) is 14.8 Å². The van der Waals surface area contributed by atoms with Gasteiger partial charge in [0.15, 0.2) is 0 Å². The molecule has 1 atom stereocenters. The third-order valence-electron chi connectivity index (χ3n) is 4.41. The zero-order chi connectivity index (χ0) is 21.6. The molecule has 158 valence electrons. The highest BCUT2D eigenvalue weighted by molar-refractivity contribution is 7.92. The third kappa shape index (κ3) is 6.01. The van der Waals surface area contributed by atoms with Gasteiger partial charge in [-0.2, -0.15) is 0 Å². The second-order valence-electron chi connectivity index (χ2n) is 6.60. The number of likely N-dealkylation sites (N-methyl/N-ethyl adjacent to an activating group) is 1. The van der Waals surface area contributed by atoms with Crippen LogP contribution in [0.25, 0.3) is 0 Å². The highest BCUT2D eigenvalue weighted by atomic mass is 35.5. The lowest BCUT2D eigenvalue weighted by molar-refractivity contribution is -0.121. The Hall–Kier alpha value is -2.45. The Morgan fingerprint density at radius 3 is 2.45 bits per heavy atom. The molecule has 0 aliphatic rings. The van der Waals surface area contributed by atoms with Crippen molar-refractivity contribution in [3.05, 3.63) is 53.6 Å². The summed E-state index contributed by atoms with van der Waals surface area (Å²) in [4.78, 5) is 14.7. The summed E-state index contributed by atoms with van der Waals surface area (Å²) in [6, 6.07) is 13.4. The molecule has 9 heteroatoms. The standard InChI is InChI=1S/C20H26ClN3O4S/c1-15(20(25)22-12-13-23(2)17-8-6-5-7-9-17)24(29(4,26)27)18-14-16(21)10-11-19(18)28-3/h5-11,14-15H,12-13H2,1-4H3,(H,22,25)/t15-/m1/s1. The monoisotopic (exact) mass is 439 g/mol. The maximum atomic E-state index is 12.7. The first kappa shape index (κ1) is 22.8. The summed E-state index contributed by atoms with van der Waals surface area (Å²) in [5.74, 6) is -0.109. The minimum absolute atomic E-state index is 0.214. The quantitative estimate of drug-likeness (QED) is 0.650. The van der Waals surface area contributed by atoms with Crippen LogP contribution in [0.2, 0.25) is 5.02 Å². The molecule has 2 aromatic rings. The minimum atomic E-state index is -3.77. The highest BCUT2D eigenvalue weighted by Crippen LogP contribution is 2.34. The summed E-state index contributed by atoms with van der Waals surface area (Å²) >= 11 is 6.05. The smallest absolute Gasteiger partial charge is 0.243 e. The van der Waals surface area contributed by atoms with Gasteiger partial charge in [0.25, 0.3) is 0 Å². The number of anilines is 2. The van der Waals surface area contributed by atoms with Gasteiger partial charge in [-0.05, 0) is 37.3 Å². The Morgan fingerprint density at radius 1 is 1.21 bits per heavy atom. The Morgan fingerprint density at radius 2 is 1.86 bits per heavy atom. The van der Waals surface area contributed by atoms with Crippen molar-refractivity contribution in [1.29, 1.82) is 0 Å². The Kier molecular flexibility index (Phi) is 7.75. The normalized spacial score (nSPS) is 12.2. The van der Waals surface area contributed by atoms with Gasteiger partial charge < -0.3 is 15.0 Å². The van der Waals surface area contributed by atoms with E-state index in [0.29, 0.717) is 23.9 Å². The molecule has 2 rings (SSSR count). The number of carbonyl (C=O) groups excluding carboxylic acids is 1. The lowest BCUT2D eigenvalue weighted by Crippen LogP contribution is -2.49. The molecule has 7 nitrogen and oxygen atoms in total. The predicted octanol–water partition coefficient (Wildman–Crippen LogP) is 2.76. The predicted molar refractivity (Wildman–Crippen MR) is 118 cm³/mol. The van der Waals surface area contributed by atoms with E-state index >= 15 is 0 Å². The largest absolute Gasteiger partial charge is 0.495 e. The number of benzene rings is 2. The number of nitrogens with zero attached hydrogens (tertiary/aromatic N) is 2. The van der Waals surface area contributed by atoms with Crippen molar-refractivity contribution in [2.24, 2.45) is 0 Å². The number of hydrogen-bond acceptors (Lipinski definition) is 5. The van der Waals surface area contributed by atoms with Crippen molar-refractivity contribution in [3.8, 4) is 5.75 Å². The van der Waals surface area contributed by atoms with Crippen LogP contribution in [0.5, 0.6) is 5.75 Å². The average Bonchev–Trinajstić information content (AvgIpc) is 2.67. The van der Waals surface area contributed by atoms with E-state index in [1.54, 1.807) is 12.1 Å². The fourth-order valence-electron chi connectivity index (χ4n) is 2.92. The lowest BCUT2D eigenvalue weighted by Gasteiger charge is -2.29. The topological polar surface area (TPSA) is 79.0 Å². The molecule has 0 spiro atoms. The summed E-state index contributed by atoms with van der Waals surface area (Å²) in [5, 5.41) is 3.14. The Balaban J connectivity index is 2.13. The number of amides is 1. The van der Waals surface area contributed by atoms with Gasteiger partial charge in [-0.15, -0.1) is 0 Å². The molecule has 0 aliphatic carbocycles. The summed E-state index contributed by atoms with van der Waals surface area (Å²) in [6.45, 7) is 2.46. The molecule has 0 aromatic heterocycles. The van der Waals surface area contributed by atoms with E-state index in [0.717, 1.165) is 16.2 Å². The van der Waals surface area contributed by atoms with Crippen molar-refractivity contribution in [2.45, 2.75) is 13.0 Å². The first-order valence-electron chi connectivity index (χ1n) is 9.02. The molecule has 0 aliphatic heterocycles. The average molecular weight is 440 g/mol. The number of nitrogens with one attached hydrogen (secondary N) is 1. The van der Waals surface area contributed by atoms with E-state index in [9.17, 15) is 13.2 Å². The number of ether oxygens (including phenoxy) is 1. The van der Waals surface area contributed by atoms with Crippen molar-refractivity contribution in [2.75, 3.05) is 42.7 Å². The summed E-state index contributed by atoms with van der Waals surface area (Å²) in [5.41, 5.74) is 1.24. The molecule has 0 saturated heterocycles. The van der Waals surface area contributed by atoms with Crippen LogP contribution in [0.1, 0.15) is 6.92 Å². The number of sulfonamides is 1. The summed E-state index contributed by atoms with van der Waals surface area (Å²) in [6.07, 6.45) is 1.04. The zero-order valence-electron chi connectivity index (χ0n) is 16.9. The number of halogens is 1. The fourth-order valence-corrected chi connectivity index (χ4v) is 4.26. The fraction of sp³-hybridized carbons (Fsp3) is 0.350. The van der Waals surface area contributed by atoms with Gasteiger partial charge in [0.2, 0.25) is 15.9 Å². The summed E-state index contributed by atoms with van der Waals surface area (Å²) in [7, 11) is -0.423. The van der Waals surface area contributed by atoms with E-state index in [4.69, 9.17) is 16.3 Å². The molecule has 0 fully saturated rings. The van der Waals surface area contributed by atoms with Gasteiger partial charge in [-0.1, -0.05) is 29.8 Å². The summed E-state index contributed by atoms with van der Waals surface area (Å²) < 4.78 is 31.2. The van der Waals surface area contributed by atoms with Crippen LogP contribution < -0.4 is 19.3 Å². The number of rotatable bonds is 9. The molecule has 0 radical (unpaired) electrons. The van der Waals surface area contributed by atoms with Gasteiger partial charge >= 0.3 is 0 Å². The molecule has 1 amide bonds. The molecular formula is C20H26ClN3O4S. The van der Waals surface area contributed by atoms with Crippen molar-refractivity contribution in [1.82, 2.24) is 5.32 Å². The van der Waals surface area contributed by atoms with Crippen LogP contribution in [0.3, 0.4) is 0 Å². The van der Waals surface area contributed by atoms with Crippen molar-refractivity contribution >= 4 is 38.9 Å². The Bertz CT molecular complexity index is 938. The van der Waals surface area contributed by atoms with Crippen LogP contribution in [0.4, 0.5) is 11.4 Å². The van der Waals surface area contributed by atoms with Gasteiger partial charge in [0, 0.05) is 30.8 Å². The van der Waals surface area contributed by atoms with Crippen molar-refractivity contribution < 1.29 is 17.9 Å². The van der Waals surface area contributed by atoms with Crippen LogP contribution >= 0.6 is 11.6 Å². The van der Waals surface area contributed by atoms with Gasteiger partial charge in [-0.3, -0.25) is 9.10 Å². The van der Waals surface area contributed by atoms with Crippen LogP contribution in [0, 0.1) is 0 Å². The second-order valence-corrected chi connectivity index (χ2v) is 8.89. The molecule has 0 unspecified atom stereocenters. The van der Waals surface area contributed by atoms with Gasteiger partial charge in [0.05, 0.1) is 19.1 Å².